The van der Waals surface area contributed by atoms with Gasteiger partial charge in [0.15, 0.2) is 0 Å². The first-order valence-corrected chi connectivity index (χ1v) is 4.83. The molecule has 0 atom stereocenters. The lowest BCUT2D eigenvalue weighted by Crippen LogP contribution is -2.13. The van der Waals surface area contributed by atoms with Gasteiger partial charge < -0.3 is 0 Å². The van der Waals surface area contributed by atoms with Crippen LogP contribution in [0, 0.1) is 5.41 Å². The molecule has 1 aliphatic rings. The van der Waals surface area contributed by atoms with Crippen LogP contribution in [0.15, 0.2) is 0 Å². The zero-order valence-corrected chi connectivity index (χ0v) is 7.45. The van der Waals surface area contributed by atoms with Crippen LogP contribution in [0.3, 0.4) is 0 Å². The van der Waals surface area contributed by atoms with Crippen molar-refractivity contribution in [2.24, 2.45) is 5.41 Å². The Labute approximate surface area is 65.0 Å². The van der Waals surface area contributed by atoms with E-state index in [0.717, 1.165) is 5.41 Å². The third kappa shape index (κ3) is 1.53. The first-order chi connectivity index (χ1) is 4.83. The third-order valence-corrected chi connectivity index (χ3v) is 3.19. The van der Waals surface area contributed by atoms with E-state index in [9.17, 15) is 0 Å². The molecule has 1 saturated carbocycles. The van der Waals surface area contributed by atoms with Crippen LogP contribution in [0.1, 0.15) is 58.8 Å². The van der Waals surface area contributed by atoms with Crippen molar-refractivity contribution >= 4 is 0 Å². The van der Waals surface area contributed by atoms with Crippen LogP contribution < -0.4 is 0 Å². The summed E-state index contributed by atoms with van der Waals surface area (Å²) in [7, 11) is 0. The maximum atomic E-state index is 2.36. The molecule has 0 nitrogen and oxygen atoms in total. The van der Waals surface area contributed by atoms with E-state index >= 15 is 0 Å². The highest BCUT2D eigenvalue weighted by atomic mass is 14.4. The summed E-state index contributed by atoms with van der Waals surface area (Å²) < 4.78 is 0. The van der Waals surface area contributed by atoms with Crippen LogP contribution in [-0.2, 0) is 0 Å². The standard InChI is InChI=1S/C10H20/c1-3-7-10(4-2)8-5-6-9-10/h3-9H2,1-2H3. The molecule has 0 amide bonds. The number of hydrogen-bond donors (Lipinski definition) is 0. The topological polar surface area (TPSA) is 0 Å². The highest BCUT2D eigenvalue weighted by molar-refractivity contribution is 4.82. The van der Waals surface area contributed by atoms with Crippen molar-refractivity contribution in [3.8, 4) is 0 Å². The van der Waals surface area contributed by atoms with Crippen LogP contribution in [-0.4, -0.2) is 0 Å². The summed E-state index contributed by atoms with van der Waals surface area (Å²) in [6.45, 7) is 4.68. The molecule has 0 unspecified atom stereocenters. The molecule has 1 aliphatic carbocycles. The minimum Gasteiger partial charge on any atom is -0.0654 e. The maximum Gasteiger partial charge on any atom is -0.0300 e. The van der Waals surface area contributed by atoms with Crippen molar-refractivity contribution in [3.63, 3.8) is 0 Å². The molecule has 0 heterocycles. The summed E-state index contributed by atoms with van der Waals surface area (Å²) in [4.78, 5) is 0. The van der Waals surface area contributed by atoms with Gasteiger partial charge in [-0.2, -0.15) is 0 Å². The van der Waals surface area contributed by atoms with Crippen molar-refractivity contribution < 1.29 is 0 Å². The molecule has 0 aliphatic heterocycles. The molecule has 1 fully saturated rings. The second-order valence-electron chi connectivity index (χ2n) is 3.81. The average Bonchev–Trinajstić information content (AvgIpc) is 2.39. The minimum absolute atomic E-state index is 0.786. The molecule has 60 valence electrons. The highest BCUT2D eigenvalue weighted by Gasteiger charge is 2.30. The lowest BCUT2D eigenvalue weighted by molar-refractivity contribution is 0.257. The highest BCUT2D eigenvalue weighted by Crippen LogP contribution is 2.44. The van der Waals surface area contributed by atoms with Crippen molar-refractivity contribution in [1.29, 1.82) is 0 Å². The normalized spacial score (nSPS) is 23.4. The Balaban J connectivity index is 2.41. The summed E-state index contributed by atoms with van der Waals surface area (Å²) >= 11 is 0. The lowest BCUT2D eigenvalue weighted by atomic mass is 9.79. The zero-order chi connectivity index (χ0) is 7.45. The van der Waals surface area contributed by atoms with E-state index < -0.39 is 0 Å². The molecule has 0 N–H and O–H groups in total. The van der Waals surface area contributed by atoms with E-state index in [1.807, 2.05) is 0 Å². The fourth-order valence-corrected chi connectivity index (χ4v) is 2.44. The Kier molecular flexibility index (Phi) is 2.76. The monoisotopic (exact) mass is 140 g/mol. The van der Waals surface area contributed by atoms with Gasteiger partial charge in [0.25, 0.3) is 0 Å². The van der Waals surface area contributed by atoms with Crippen molar-refractivity contribution in [3.05, 3.63) is 0 Å². The summed E-state index contributed by atoms with van der Waals surface area (Å²) in [5.41, 5.74) is 0.786. The largest absolute Gasteiger partial charge is 0.0654 e. The fourth-order valence-electron chi connectivity index (χ4n) is 2.44. The van der Waals surface area contributed by atoms with Crippen LogP contribution in [0.5, 0.6) is 0 Å². The van der Waals surface area contributed by atoms with E-state index in [4.69, 9.17) is 0 Å². The van der Waals surface area contributed by atoms with E-state index in [-0.39, 0.29) is 0 Å². The number of rotatable bonds is 3. The van der Waals surface area contributed by atoms with Gasteiger partial charge in [0.1, 0.15) is 0 Å². The van der Waals surface area contributed by atoms with Crippen LogP contribution >= 0.6 is 0 Å². The molecule has 10 heavy (non-hydrogen) atoms. The van der Waals surface area contributed by atoms with Gasteiger partial charge in [-0.05, 0) is 24.7 Å². The van der Waals surface area contributed by atoms with Gasteiger partial charge in [0.05, 0.1) is 0 Å². The van der Waals surface area contributed by atoms with Gasteiger partial charge in [-0.25, -0.2) is 0 Å². The summed E-state index contributed by atoms with van der Waals surface area (Å²) in [5, 5.41) is 0. The van der Waals surface area contributed by atoms with Crippen molar-refractivity contribution in [1.82, 2.24) is 0 Å². The van der Waals surface area contributed by atoms with Gasteiger partial charge in [0.2, 0.25) is 0 Å². The minimum atomic E-state index is 0.786. The molecule has 0 saturated heterocycles. The average molecular weight is 140 g/mol. The van der Waals surface area contributed by atoms with Crippen LogP contribution in [0.4, 0.5) is 0 Å². The molecular formula is C10H20. The van der Waals surface area contributed by atoms with Crippen LogP contribution in [0.2, 0.25) is 0 Å². The smallest absolute Gasteiger partial charge is 0.0300 e. The predicted molar refractivity (Wildman–Crippen MR) is 46.1 cm³/mol. The lowest BCUT2D eigenvalue weighted by Gasteiger charge is -2.26. The second kappa shape index (κ2) is 3.41. The van der Waals surface area contributed by atoms with E-state index in [1.165, 1.54) is 44.9 Å². The summed E-state index contributed by atoms with van der Waals surface area (Å²) in [6.07, 6.45) is 10.3. The van der Waals surface area contributed by atoms with Gasteiger partial charge in [-0.15, -0.1) is 0 Å². The van der Waals surface area contributed by atoms with E-state index in [1.54, 1.807) is 0 Å². The molecular weight excluding hydrogens is 120 g/mol. The molecule has 0 bridgehead atoms. The molecule has 0 aromatic carbocycles. The molecule has 0 heteroatoms. The van der Waals surface area contributed by atoms with E-state index in [2.05, 4.69) is 13.8 Å². The Hall–Kier alpha value is 0. The van der Waals surface area contributed by atoms with Gasteiger partial charge in [-0.1, -0.05) is 39.5 Å². The van der Waals surface area contributed by atoms with Crippen LogP contribution in [0.25, 0.3) is 0 Å². The molecule has 1 rings (SSSR count). The number of hydrogen-bond acceptors (Lipinski definition) is 0. The first kappa shape index (κ1) is 8.10. The van der Waals surface area contributed by atoms with Crippen molar-refractivity contribution in [2.45, 2.75) is 58.8 Å². The third-order valence-electron chi connectivity index (χ3n) is 3.19. The fraction of sp³-hybridized carbons (Fsp3) is 1.00. The Morgan fingerprint density at radius 1 is 1.10 bits per heavy atom. The quantitative estimate of drug-likeness (QED) is 0.560. The molecule has 0 aromatic rings. The second-order valence-corrected chi connectivity index (χ2v) is 3.81. The Morgan fingerprint density at radius 2 is 1.70 bits per heavy atom. The van der Waals surface area contributed by atoms with E-state index in [0.29, 0.717) is 0 Å². The summed E-state index contributed by atoms with van der Waals surface area (Å²) in [6, 6.07) is 0. The van der Waals surface area contributed by atoms with Gasteiger partial charge >= 0.3 is 0 Å². The molecule has 0 radical (unpaired) electrons. The maximum absolute atomic E-state index is 2.36. The SMILES string of the molecule is CCCC1(CC)CCCC1. The molecule has 0 aromatic heterocycles. The summed E-state index contributed by atoms with van der Waals surface area (Å²) in [5.74, 6) is 0. The van der Waals surface area contributed by atoms with Gasteiger partial charge in [-0.3, -0.25) is 0 Å². The van der Waals surface area contributed by atoms with Crippen molar-refractivity contribution in [2.75, 3.05) is 0 Å². The Bertz CT molecular complexity index is 88.2. The first-order valence-electron chi connectivity index (χ1n) is 4.83. The van der Waals surface area contributed by atoms with Gasteiger partial charge in [0, 0.05) is 0 Å². The molecule has 0 spiro atoms. The Morgan fingerprint density at radius 3 is 2.10 bits per heavy atom. The zero-order valence-electron chi connectivity index (χ0n) is 7.45. The predicted octanol–water partition coefficient (Wildman–Crippen LogP) is 3.76.